The number of aldehydes is 1. The van der Waals surface area contributed by atoms with Gasteiger partial charge >= 0.3 is 0 Å². The molecule has 0 aromatic heterocycles. The molecule has 0 aromatic carbocycles. The topological polar surface area (TPSA) is 17.1 Å². The first-order valence-corrected chi connectivity index (χ1v) is 4.96. The summed E-state index contributed by atoms with van der Waals surface area (Å²) in [6.45, 7) is 3.68. The minimum Gasteiger partial charge on any atom is -0.303 e. The maximum absolute atomic E-state index is 9.97. The summed E-state index contributed by atoms with van der Waals surface area (Å²) in [6, 6.07) is 0. The van der Waals surface area contributed by atoms with E-state index in [2.05, 4.69) is 6.58 Å². The summed E-state index contributed by atoms with van der Waals surface area (Å²) >= 11 is 0. The van der Waals surface area contributed by atoms with Crippen LogP contribution in [0.3, 0.4) is 0 Å². The minimum atomic E-state index is 0. The molecule has 0 atom stereocenters. The first-order valence-electron chi connectivity index (χ1n) is 4.96. The van der Waals surface area contributed by atoms with Gasteiger partial charge in [0.1, 0.15) is 6.29 Å². The average molecular weight is 234 g/mol. The normalized spacial score (nSPS) is 8.92. The molecule has 0 bridgehead atoms. The van der Waals surface area contributed by atoms with Gasteiger partial charge < -0.3 is 4.79 Å². The molecule has 0 saturated carbocycles. The molecule has 72 valence electrons. The van der Waals surface area contributed by atoms with Crippen molar-refractivity contribution in [3.05, 3.63) is 12.7 Å². The summed E-state index contributed by atoms with van der Waals surface area (Å²) in [5.74, 6) is 0. The second-order valence-electron chi connectivity index (χ2n) is 3.15. The van der Waals surface area contributed by atoms with Crippen molar-refractivity contribution in [2.75, 3.05) is 0 Å². The van der Waals surface area contributed by atoms with Gasteiger partial charge in [-0.2, -0.15) is 0 Å². The van der Waals surface area contributed by atoms with Gasteiger partial charge in [0.05, 0.1) is 0 Å². The van der Waals surface area contributed by atoms with Crippen LogP contribution in [0.1, 0.15) is 51.4 Å². The van der Waals surface area contributed by atoms with Crippen molar-refractivity contribution < 1.29 is 24.3 Å². The largest absolute Gasteiger partial charge is 0.303 e. The molecular weight excluding hydrogens is 214 g/mol. The van der Waals surface area contributed by atoms with Crippen LogP contribution >= 0.6 is 0 Å². The van der Waals surface area contributed by atoms with Crippen molar-refractivity contribution in [1.29, 1.82) is 0 Å². The number of hydrogen-bond donors (Lipinski definition) is 0. The van der Waals surface area contributed by atoms with Gasteiger partial charge in [0.25, 0.3) is 0 Å². The third-order valence-electron chi connectivity index (χ3n) is 1.98. The van der Waals surface area contributed by atoms with Crippen molar-refractivity contribution in [2.24, 2.45) is 0 Å². The molecule has 0 amide bonds. The number of allylic oxidation sites excluding steroid dienone is 1. The van der Waals surface area contributed by atoms with E-state index in [-0.39, 0.29) is 19.5 Å². The molecule has 0 unspecified atom stereocenters. The Morgan fingerprint density at radius 1 is 0.846 bits per heavy atom. The summed E-state index contributed by atoms with van der Waals surface area (Å²) in [7, 11) is 0. The van der Waals surface area contributed by atoms with E-state index in [1.165, 1.54) is 32.1 Å². The Kier molecular flexibility index (Phi) is 17.4. The SMILES string of the molecule is C=CCCCCCCCCC=O.[Zn]. The average Bonchev–Trinajstić information content (AvgIpc) is 2.10. The van der Waals surface area contributed by atoms with Gasteiger partial charge in [-0.15, -0.1) is 6.58 Å². The van der Waals surface area contributed by atoms with Crippen LogP contribution in [-0.2, 0) is 24.3 Å². The fourth-order valence-electron chi connectivity index (χ4n) is 1.22. The first-order chi connectivity index (χ1) is 5.91. The second-order valence-corrected chi connectivity index (χ2v) is 3.15. The van der Waals surface area contributed by atoms with Crippen LogP contribution < -0.4 is 0 Å². The fourth-order valence-corrected chi connectivity index (χ4v) is 1.22. The van der Waals surface area contributed by atoms with Crippen LogP contribution in [0.15, 0.2) is 12.7 Å². The molecular formula is C11H20OZn. The molecule has 0 fully saturated rings. The van der Waals surface area contributed by atoms with Gasteiger partial charge in [-0.3, -0.25) is 0 Å². The molecule has 2 heteroatoms. The minimum absolute atomic E-state index is 0. The summed E-state index contributed by atoms with van der Waals surface area (Å²) in [6.07, 6.45) is 12.4. The molecule has 1 nitrogen and oxygen atoms in total. The van der Waals surface area contributed by atoms with E-state index >= 15 is 0 Å². The van der Waals surface area contributed by atoms with Crippen molar-refractivity contribution in [3.63, 3.8) is 0 Å². The molecule has 0 heterocycles. The maximum Gasteiger partial charge on any atom is 0.119 e. The number of carbonyl (C=O) groups is 1. The van der Waals surface area contributed by atoms with Crippen LogP contribution in [0.2, 0.25) is 0 Å². The quantitative estimate of drug-likeness (QED) is 0.258. The molecule has 0 rings (SSSR count). The van der Waals surface area contributed by atoms with Gasteiger partial charge in [-0.05, 0) is 19.3 Å². The smallest absolute Gasteiger partial charge is 0.119 e. The van der Waals surface area contributed by atoms with Gasteiger partial charge in [0.2, 0.25) is 0 Å². The molecule has 0 aliphatic rings. The van der Waals surface area contributed by atoms with Crippen LogP contribution in [0.25, 0.3) is 0 Å². The van der Waals surface area contributed by atoms with E-state index in [9.17, 15) is 4.79 Å². The molecule has 0 saturated heterocycles. The zero-order chi connectivity index (χ0) is 9.07. The zero-order valence-electron chi connectivity index (χ0n) is 8.63. The third kappa shape index (κ3) is 14.8. The van der Waals surface area contributed by atoms with Gasteiger partial charge in [0, 0.05) is 25.9 Å². The Hall–Kier alpha value is 0.0334. The number of rotatable bonds is 9. The summed E-state index contributed by atoms with van der Waals surface area (Å²) in [5.41, 5.74) is 0. The fraction of sp³-hybridized carbons (Fsp3) is 0.727. The number of carbonyl (C=O) groups excluding carboxylic acids is 1. The van der Waals surface area contributed by atoms with E-state index in [1.54, 1.807) is 0 Å². The molecule has 13 heavy (non-hydrogen) atoms. The van der Waals surface area contributed by atoms with Crippen LogP contribution in [0, 0.1) is 0 Å². The van der Waals surface area contributed by atoms with Crippen LogP contribution in [0.5, 0.6) is 0 Å². The Bertz CT molecular complexity index is 98.7. The third-order valence-corrected chi connectivity index (χ3v) is 1.98. The van der Waals surface area contributed by atoms with Crippen molar-refractivity contribution >= 4 is 6.29 Å². The maximum atomic E-state index is 9.97. The molecule has 0 radical (unpaired) electrons. The van der Waals surface area contributed by atoms with E-state index in [4.69, 9.17) is 0 Å². The number of unbranched alkanes of at least 4 members (excludes halogenated alkanes) is 7. The van der Waals surface area contributed by atoms with Crippen molar-refractivity contribution in [1.82, 2.24) is 0 Å². The zero-order valence-corrected chi connectivity index (χ0v) is 11.6. The molecule has 0 spiro atoms. The molecule has 0 aromatic rings. The Morgan fingerprint density at radius 2 is 1.31 bits per heavy atom. The standard InChI is InChI=1S/C11H20O.Zn/c1-2-3-4-5-6-7-8-9-10-11-12;/h2,11H,1,3-10H2;. The Labute approximate surface area is 94.7 Å². The Morgan fingerprint density at radius 3 is 1.77 bits per heavy atom. The van der Waals surface area contributed by atoms with E-state index in [0.29, 0.717) is 0 Å². The Balaban J connectivity index is 0. The van der Waals surface area contributed by atoms with E-state index in [0.717, 1.165) is 25.5 Å². The second kappa shape index (κ2) is 14.6. The predicted octanol–water partition coefficient (Wildman–Crippen LogP) is 3.49. The van der Waals surface area contributed by atoms with Crippen LogP contribution in [0.4, 0.5) is 0 Å². The summed E-state index contributed by atoms with van der Waals surface area (Å²) in [4.78, 5) is 9.97. The van der Waals surface area contributed by atoms with Crippen LogP contribution in [-0.4, -0.2) is 6.29 Å². The first kappa shape index (κ1) is 15.5. The molecule has 0 N–H and O–H groups in total. The monoisotopic (exact) mass is 232 g/mol. The molecule has 0 aliphatic carbocycles. The van der Waals surface area contributed by atoms with Crippen molar-refractivity contribution in [2.45, 2.75) is 51.4 Å². The summed E-state index contributed by atoms with van der Waals surface area (Å²) < 4.78 is 0. The molecule has 0 aliphatic heterocycles. The number of hydrogen-bond acceptors (Lipinski definition) is 1. The van der Waals surface area contributed by atoms with Gasteiger partial charge in [-0.25, -0.2) is 0 Å². The van der Waals surface area contributed by atoms with E-state index in [1.807, 2.05) is 6.08 Å². The van der Waals surface area contributed by atoms with Gasteiger partial charge in [0.15, 0.2) is 0 Å². The van der Waals surface area contributed by atoms with E-state index < -0.39 is 0 Å². The van der Waals surface area contributed by atoms with Crippen molar-refractivity contribution in [3.8, 4) is 0 Å². The van der Waals surface area contributed by atoms with Gasteiger partial charge in [-0.1, -0.05) is 31.8 Å². The predicted molar refractivity (Wildman–Crippen MR) is 53.2 cm³/mol. The summed E-state index contributed by atoms with van der Waals surface area (Å²) in [5, 5.41) is 0.